The van der Waals surface area contributed by atoms with Crippen LogP contribution in [-0.4, -0.2) is 49.5 Å². The first kappa shape index (κ1) is 11.6. The molecule has 0 aliphatic carbocycles. The summed E-state index contributed by atoms with van der Waals surface area (Å²) in [5.74, 6) is 3.18. The number of hydrogen-bond acceptors (Lipinski definition) is 4. The molecule has 0 saturated carbocycles. The molecule has 0 aromatic rings. The van der Waals surface area contributed by atoms with Crippen LogP contribution in [0.1, 0.15) is 0 Å². The van der Waals surface area contributed by atoms with Crippen LogP contribution in [0.4, 0.5) is 0 Å². The summed E-state index contributed by atoms with van der Waals surface area (Å²) in [6, 6.07) is 0. The van der Waals surface area contributed by atoms with Gasteiger partial charge in [-0.25, -0.2) is 0 Å². The zero-order valence-corrected chi connectivity index (χ0v) is 9.05. The van der Waals surface area contributed by atoms with E-state index in [-0.39, 0.29) is 0 Å². The summed E-state index contributed by atoms with van der Waals surface area (Å²) >= 11 is 6.03. The van der Waals surface area contributed by atoms with E-state index in [4.69, 9.17) is 0 Å². The Bertz CT molecular complexity index is 78.8. The van der Waals surface area contributed by atoms with Gasteiger partial charge in [0.15, 0.2) is 0 Å². The second-order valence-electron chi connectivity index (χ2n) is 2.58. The molecule has 0 radical (unpaired) electrons. The van der Waals surface area contributed by atoms with Crippen molar-refractivity contribution in [2.24, 2.45) is 0 Å². The Morgan fingerprint density at radius 3 is 2.73 bits per heavy atom. The van der Waals surface area contributed by atoms with Crippen LogP contribution in [0.5, 0.6) is 0 Å². The Morgan fingerprint density at radius 1 is 1.45 bits per heavy atom. The van der Waals surface area contributed by atoms with E-state index in [0.29, 0.717) is 0 Å². The number of thioether (sulfide) groups is 1. The first-order chi connectivity index (χ1) is 5.27. The van der Waals surface area contributed by atoms with Gasteiger partial charge in [-0.2, -0.15) is 12.6 Å². The zero-order valence-electron chi connectivity index (χ0n) is 7.34. The maximum Gasteiger partial charge on any atom is 0.0418 e. The Hall–Kier alpha value is 0.620. The Kier molecular flexibility index (Phi) is 9.21. The van der Waals surface area contributed by atoms with Crippen molar-refractivity contribution in [3.63, 3.8) is 0 Å². The van der Waals surface area contributed by atoms with Gasteiger partial charge in [-0.15, -0.1) is 11.8 Å². The quantitative estimate of drug-likeness (QED) is 0.354. The van der Waals surface area contributed by atoms with Gasteiger partial charge in [0.05, 0.1) is 0 Å². The van der Waals surface area contributed by atoms with E-state index in [1.165, 1.54) is 5.75 Å². The van der Waals surface area contributed by atoms with Gasteiger partial charge in [0.25, 0.3) is 0 Å². The molecule has 0 aliphatic heterocycles. The summed E-state index contributed by atoms with van der Waals surface area (Å²) < 4.78 is 0. The molecular formula is C7H18N2S2. The lowest BCUT2D eigenvalue weighted by atomic mass is 10.7. The molecule has 0 atom stereocenters. The van der Waals surface area contributed by atoms with Gasteiger partial charge in [0.2, 0.25) is 0 Å². The maximum absolute atomic E-state index is 4.10. The Balaban J connectivity index is 2.80. The van der Waals surface area contributed by atoms with Crippen LogP contribution in [0.3, 0.4) is 0 Å². The molecule has 0 fully saturated rings. The summed E-state index contributed by atoms with van der Waals surface area (Å²) in [6.07, 6.45) is 0. The summed E-state index contributed by atoms with van der Waals surface area (Å²) in [7, 11) is 4.20. The minimum absolute atomic E-state index is 0.925. The van der Waals surface area contributed by atoms with Crippen LogP contribution in [0.25, 0.3) is 0 Å². The first-order valence-electron chi connectivity index (χ1n) is 3.81. The van der Waals surface area contributed by atoms with Crippen LogP contribution in [0, 0.1) is 0 Å². The number of thiol groups is 1. The van der Waals surface area contributed by atoms with Crippen LogP contribution in [-0.2, 0) is 0 Å². The Labute approximate surface area is 79.5 Å². The lowest BCUT2D eigenvalue weighted by Crippen LogP contribution is -2.19. The van der Waals surface area contributed by atoms with Gasteiger partial charge in [0.1, 0.15) is 0 Å². The molecule has 1 N–H and O–H groups in total. The molecule has 0 amide bonds. The van der Waals surface area contributed by atoms with E-state index < -0.39 is 0 Å². The van der Waals surface area contributed by atoms with Gasteiger partial charge in [-0.05, 0) is 14.1 Å². The summed E-state index contributed by atoms with van der Waals surface area (Å²) in [6.45, 7) is 2.17. The van der Waals surface area contributed by atoms with E-state index in [0.717, 1.165) is 24.7 Å². The van der Waals surface area contributed by atoms with Gasteiger partial charge < -0.3 is 10.2 Å². The third-order valence-corrected chi connectivity index (χ3v) is 2.28. The summed E-state index contributed by atoms with van der Waals surface area (Å²) in [5, 5.41) is 3.28. The molecule has 0 saturated heterocycles. The molecule has 0 heterocycles. The second-order valence-corrected chi connectivity index (χ2v) is 4.13. The van der Waals surface area contributed by atoms with E-state index >= 15 is 0 Å². The molecule has 68 valence electrons. The maximum atomic E-state index is 4.10. The van der Waals surface area contributed by atoms with Crippen molar-refractivity contribution in [3.05, 3.63) is 0 Å². The fraction of sp³-hybridized carbons (Fsp3) is 1.00. The van der Waals surface area contributed by atoms with Crippen molar-refractivity contribution < 1.29 is 0 Å². The predicted octanol–water partition coefficient (Wildman–Crippen LogP) is 0.758. The SMILES string of the molecule is CN(C)CCSCNCCS. The number of hydrogen-bond donors (Lipinski definition) is 2. The van der Waals surface area contributed by atoms with Crippen molar-refractivity contribution in [1.29, 1.82) is 0 Å². The normalized spacial score (nSPS) is 10.9. The molecule has 0 aromatic heterocycles. The number of nitrogens with one attached hydrogen (secondary N) is 1. The lowest BCUT2D eigenvalue weighted by Gasteiger charge is -2.08. The van der Waals surface area contributed by atoms with Crippen molar-refractivity contribution in [1.82, 2.24) is 10.2 Å². The number of nitrogens with zero attached hydrogens (tertiary/aromatic N) is 1. The van der Waals surface area contributed by atoms with Crippen molar-refractivity contribution in [2.75, 3.05) is 44.6 Å². The zero-order chi connectivity index (χ0) is 8.53. The van der Waals surface area contributed by atoms with Gasteiger partial charge in [0, 0.05) is 30.5 Å². The smallest absolute Gasteiger partial charge is 0.0418 e. The van der Waals surface area contributed by atoms with E-state index in [2.05, 4.69) is 36.9 Å². The van der Waals surface area contributed by atoms with Crippen molar-refractivity contribution >= 4 is 24.4 Å². The summed E-state index contributed by atoms with van der Waals surface area (Å²) in [4.78, 5) is 2.20. The third kappa shape index (κ3) is 10.6. The monoisotopic (exact) mass is 194 g/mol. The molecule has 0 spiro atoms. The lowest BCUT2D eigenvalue weighted by molar-refractivity contribution is 0.437. The van der Waals surface area contributed by atoms with Crippen LogP contribution in [0.15, 0.2) is 0 Å². The molecule has 11 heavy (non-hydrogen) atoms. The molecule has 2 nitrogen and oxygen atoms in total. The molecule has 0 rings (SSSR count). The Morgan fingerprint density at radius 2 is 2.18 bits per heavy atom. The average Bonchev–Trinajstić information content (AvgIpc) is 1.96. The topological polar surface area (TPSA) is 15.3 Å². The average molecular weight is 194 g/mol. The standard InChI is InChI=1S/C7H18N2S2/c1-9(2)4-6-11-7-8-3-5-10/h8,10H,3-7H2,1-2H3. The number of rotatable bonds is 7. The van der Waals surface area contributed by atoms with E-state index in [1.807, 2.05) is 11.8 Å². The molecule has 0 aromatic carbocycles. The fourth-order valence-electron chi connectivity index (χ4n) is 0.543. The van der Waals surface area contributed by atoms with E-state index in [9.17, 15) is 0 Å². The highest BCUT2D eigenvalue weighted by molar-refractivity contribution is 7.99. The first-order valence-corrected chi connectivity index (χ1v) is 5.60. The minimum atomic E-state index is 0.925. The van der Waals surface area contributed by atoms with Crippen molar-refractivity contribution in [2.45, 2.75) is 0 Å². The molecular weight excluding hydrogens is 176 g/mol. The molecule has 0 unspecified atom stereocenters. The van der Waals surface area contributed by atoms with Crippen LogP contribution >= 0.6 is 24.4 Å². The molecule has 4 heteroatoms. The van der Waals surface area contributed by atoms with Gasteiger partial charge in [-0.3, -0.25) is 0 Å². The van der Waals surface area contributed by atoms with Crippen LogP contribution in [0.2, 0.25) is 0 Å². The minimum Gasteiger partial charge on any atom is -0.309 e. The van der Waals surface area contributed by atoms with Gasteiger partial charge in [-0.1, -0.05) is 0 Å². The van der Waals surface area contributed by atoms with Crippen LogP contribution < -0.4 is 5.32 Å². The van der Waals surface area contributed by atoms with Crippen molar-refractivity contribution in [3.8, 4) is 0 Å². The highest BCUT2D eigenvalue weighted by atomic mass is 32.2. The predicted molar refractivity (Wildman–Crippen MR) is 57.7 cm³/mol. The fourth-order valence-corrected chi connectivity index (χ4v) is 1.63. The highest BCUT2D eigenvalue weighted by Crippen LogP contribution is 1.95. The molecule has 0 aliphatic rings. The summed E-state index contributed by atoms with van der Waals surface area (Å²) in [5.41, 5.74) is 0. The third-order valence-electron chi connectivity index (χ3n) is 1.18. The molecule has 0 bridgehead atoms. The largest absolute Gasteiger partial charge is 0.309 e. The van der Waals surface area contributed by atoms with E-state index in [1.54, 1.807) is 0 Å². The van der Waals surface area contributed by atoms with Gasteiger partial charge >= 0.3 is 0 Å². The highest BCUT2D eigenvalue weighted by Gasteiger charge is 1.89. The second kappa shape index (κ2) is 8.71.